The molecular weight excluding hydrogens is 284 g/mol. The molecule has 0 atom stereocenters. The van der Waals surface area contributed by atoms with Gasteiger partial charge in [0.05, 0.1) is 6.54 Å². The lowest BCUT2D eigenvalue weighted by atomic mass is 10.0. The molecule has 3 nitrogen and oxygen atoms in total. The smallest absolute Gasteiger partial charge is 0.106 e. The highest BCUT2D eigenvalue weighted by Gasteiger charge is 2.13. The van der Waals surface area contributed by atoms with Crippen LogP contribution in [0.15, 0.2) is 66.0 Å². The van der Waals surface area contributed by atoms with Crippen molar-refractivity contribution >= 4 is 11.8 Å². The Labute approximate surface area is 130 Å². The van der Waals surface area contributed by atoms with Crippen LogP contribution >= 0.6 is 0 Å². The van der Waals surface area contributed by atoms with Crippen LogP contribution < -0.4 is 12.4 Å². The highest BCUT2D eigenvalue weighted by molar-refractivity contribution is 6.01. The molecule has 3 rings (SSSR count). The molecule has 0 amide bonds. The Morgan fingerprint density at radius 3 is 2.52 bits per heavy atom. The van der Waals surface area contributed by atoms with Crippen molar-refractivity contribution in [2.24, 2.45) is 5.16 Å². The van der Waals surface area contributed by atoms with Crippen molar-refractivity contribution in [1.29, 1.82) is 0 Å². The SMILES string of the molecule is ON=C(CN1C=Cc2ccccc2C1)c1ccccc1.[Cl-]. The normalized spacial score (nSPS) is 13.5. The average Bonchev–Trinajstić information content (AvgIpc) is 2.53. The van der Waals surface area contributed by atoms with E-state index in [0.717, 1.165) is 12.1 Å². The molecule has 1 aliphatic heterocycles. The molecule has 0 saturated carbocycles. The zero-order chi connectivity index (χ0) is 13.8. The molecule has 0 saturated heterocycles. The summed E-state index contributed by atoms with van der Waals surface area (Å²) in [6.07, 6.45) is 4.15. The fourth-order valence-corrected chi connectivity index (χ4v) is 2.41. The summed E-state index contributed by atoms with van der Waals surface area (Å²) in [5.74, 6) is 0. The minimum atomic E-state index is 0. The number of benzene rings is 2. The lowest BCUT2D eigenvalue weighted by Gasteiger charge is -2.25. The first-order valence-corrected chi connectivity index (χ1v) is 6.63. The third kappa shape index (κ3) is 3.44. The molecule has 0 aliphatic carbocycles. The second kappa shape index (κ2) is 6.95. The summed E-state index contributed by atoms with van der Waals surface area (Å²) in [4.78, 5) is 2.14. The molecule has 2 aromatic rings. The van der Waals surface area contributed by atoms with E-state index in [1.807, 2.05) is 36.4 Å². The molecule has 1 heterocycles. The summed E-state index contributed by atoms with van der Waals surface area (Å²) in [5.41, 5.74) is 4.17. The number of halogens is 1. The molecule has 2 aromatic carbocycles. The molecule has 0 aromatic heterocycles. The highest BCUT2D eigenvalue weighted by atomic mass is 35.5. The number of fused-ring (bicyclic) bond motifs is 1. The number of rotatable bonds is 3. The summed E-state index contributed by atoms with van der Waals surface area (Å²) in [7, 11) is 0. The lowest BCUT2D eigenvalue weighted by Crippen LogP contribution is -3.00. The standard InChI is InChI=1S/C17H16N2O.ClH/c20-18-17(15-7-2-1-3-8-15)13-19-11-10-14-6-4-5-9-16(14)12-19;/h1-11,20H,12-13H2;1H/p-1. The van der Waals surface area contributed by atoms with E-state index in [2.05, 4.69) is 40.5 Å². The van der Waals surface area contributed by atoms with Crippen molar-refractivity contribution in [1.82, 2.24) is 4.90 Å². The number of hydrogen-bond acceptors (Lipinski definition) is 3. The van der Waals surface area contributed by atoms with Gasteiger partial charge in [-0.05, 0) is 17.2 Å². The van der Waals surface area contributed by atoms with Crippen molar-refractivity contribution in [3.8, 4) is 0 Å². The lowest BCUT2D eigenvalue weighted by molar-refractivity contribution is -0.00000475. The monoisotopic (exact) mass is 299 g/mol. The Bertz CT molecular complexity index is 653. The quantitative estimate of drug-likeness (QED) is 0.504. The van der Waals surface area contributed by atoms with E-state index >= 15 is 0 Å². The van der Waals surface area contributed by atoms with Crippen molar-refractivity contribution in [3.63, 3.8) is 0 Å². The average molecular weight is 300 g/mol. The summed E-state index contributed by atoms with van der Waals surface area (Å²) < 4.78 is 0. The molecule has 108 valence electrons. The molecule has 1 aliphatic rings. The van der Waals surface area contributed by atoms with E-state index < -0.39 is 0 Å². The van der Waals surface area contributed by atoms with Crippen LogP contribution in [-0.4, -0.2) is 22.4 Å². The highest BCUT2D eigenvalue weighted by Crippen LogP contribution is 2.19. The number of oxime groups is 1. The molecule has 0 spiro atoms. The van der Waals surface area contributed by atoms with Crippen molar-refractivity contribution in [2.45, 2.75) is 6.54 Å². The third-order valence-corrected chi connectivity index (χ3v) is 3.47. The van der Waals surface area contributed by atoms with E-state index in [1.54, 1.807) is 0 Å². The molecule has 4 heteroatoms. The maximum Gasteiger partial charge on any atom is 0.106 e. The Hall–Kier alpha value is -2.26. The second-order valence-electron chi connectivity index (χ2n) is 4.83. The van der Waals surface area contributed by atoms with Gasteiger partial charge in [-0.3, -0.25) is 0 Å². The maximum atomic E-state index is 9.24. The molecule has 0 bridgehead atoms. The van der Waals surface area contributed by atoms with Gasteiger partial charge < -0.3 is 22.5 Å². The zero-order valence-electron chi connectivity index (χ0n) is 11.5. The molecule has 0 fully saturated rings. The topological polar surface area (TPSA) is 35.8 Å². The van der Waals surface area contributed by atoms with E-state index in [1.165, 1.54) is 11.1 Å². The Morgan fingerprint density at radius 2 is 1.76 bits per heavy atom. The van der Waals surface area contributed by atoms with Gasteiger partial charge in [-0.15, -0.1) is 0 Å². The van der Waals surface area contributed by atoms with Gasteiger partial charge in [0.1, 0.15) is 5.71 Å². The van der Waals surface area contributed by atoms with Crippen LogP contribution in [0.2, 0.25) is 0 Å². The van der Waals surface area contributed by atoms with Crippen LogP contribution in [-0.2, 0) is 6.54 Å². The Morgan fingerprint density at radius 1 is 1.05 bits per heavy atom. The maximum absolute atomic E-state index is 9.24. The molecular formula is C17H16ClN2O-. The Balaban J connectivity index is 0.00000161. The van der Waals surface area contributed by atoms with Gasteiger partial charge in [-0.25, -0.2) is 0 Å². The van der Waals surface area contributed by atoms with Crippen LogP contribution in [0, 0.1) is 0 Å². The van der Waals surface area contributed by atoms with Crippen LogP contribution in [0.3, 0.4) is 0 Å². The van der Waals surface area contributed by atoms with Gasteiger partial charge in [-0.2, -0.15) is 0 Å². The number of hydrogen-bond donors (Lipinski definition) is 1. The van der Waals surface area contributed by atoms with Gasteiger partial charge in [0, 0.05) is 18.3 Å². The minimum absolute atomic E-state index is 0. The van der Waals surface area contributed by atoms with Crippen molar-refractivity contribution < 1.29 is 17.6 Å². The second-order valence-corrected chi connectivity index (χ2v) is 4.83. The molecule has 0 unspecified atom stereocenters. The summed E-state index contributed by atoms with van der Waals surface area (Å²) in [5, 5.41) is 12.7. The minimum Gasteiger partial charge on any atom is -1.00 e. The Kier molecular flexibility index (Phi) is 5.01. The van der Waals surface area contributed by atoms with Gasteiger partial charge in [0.2, 0.25) is 0 Å². The van der Waals surface area contributed by atoms with Gasteiger partial charge in [0.15, 0.2) is 0 Å². The first-order valence-electron chi connectivity index (χ1n) is 6.63. The van der Waals surface area contributed by atoms with Crippen molar-refractivity contribution in [3.05, 3.63) is 77.5 Å². The van der Waals surface area contributed by atoms with Gasteiger partial charge in [-0.1, -0.05) is 59.8 Å². The predicted octanol–water partition coefficient (Wildman–Crippen LogP) is 0.355. The largest absolute Gasteiger partial charge is 1.00 e. The number of nitrogens with zero attached hydrogens (tertiary/aromatic N) is 2. The summed E-state index contributed by atoms with van der Waals surface area (Å²) >= 11 is 0. The van der Waals surface area contributed by atoms with E-state index in [0.29, 0.717) is 12.3 Å². The first kappa shape index (κ1) is 15.1. The van der Waals surface area contributed by atoms with E-state index in [-0.39, 0.29) is 12.4 Å². The van der Waals surface area contributed by atoms with Gasteiger partial charge in [0.25, 0.3) is 0 Å². The summed E-state index contributed by atoms with van der Waals surface area (Å²) in [6, 6.07) is 18.1. The predicted molar refractivity (Wildman–Crippen MR) is 80.7 cm³/mol. The zero-order valence-corrected chi connectivity index (χ0v) is 12.2. The molecule has 21 heavy (non-hydrogen) atoms. The van der Waals surface area contributed by atoms with Crippen LogP contribution in [0.5, 0.6) is 0 Å². The third-order valence-electron chi connectivity index (χ3n) is 3.47. The van der Waals surface area contributed by atoms with Gasteiger partial charge >= 0.3 is 0 Å². The van der Waals surface area contributed by atoms with E-state index in [4.69, 9.17) is 0 Å². The molecule has 1 N–H and O–H groups in total. The fourth-order valence-electron chi connectivity index (χ4n) is 2.41. The van der Waals surface area contributed by atoms with Crippen LogP contribution in [0.4, 0.5) is 0 Å². The fraction of sp³-hybridized carbons (Fsp3) is 0.118. The van der Waals surface area contributed by atoms with Crippen LogP contribution in [0.25, 0.3) is 6.08 Å². The first-order chi connectivity index (χ1) is 9.86. The molecule has 0 radical (unpaired) electrons. The summed E-state index contributed by atoms with van der Waals surface area (Å²) in [6.45, 7) is 1.42. The van der Waals surface area contributed by atoms with Crippen LogP contribution in [0.1, 0.15) is 16.7 Å². The van der Waals surface area contributed by atoms with E-state index in [9.17, 15) is 5.21 Å². The van der Waals surface area contributed by atoms with Crippen molar-refractivity contribution in [2.75, 3.05) is 6.54 Å².